The van der Waals surface area contributed by atoms with Gasteiger partial charge in [-0.05, 0) is 42.7 Å². The molecule has 2 aliphatic rings. The summed E-state index contributed by atoms with van der Waals surface area (Å²) in [5, 5.41) is 14.0. The quantitative estimate of drug-likeness (QED) is 0.775. The standard InChI is InChI=1S/C19H30N2O/c1-2-5-19(16-8-9-16)20-12-18(22)14-21-11-10-15-6-3-4-7-17(15)13-21/h3-4,6-7,16,18-20,22H,2,5,8-14H2,1H3. The molecule has 2 N–H and O–H groups in total. The van der Waals surface area contributed by atoms with E-state index < -0.39 is 0 Å². The topological polar surface area (TPSA) is 35.5 Å². The number of hydrogen-bond donors (Lipinski definition) is 2. The fourth-order valence-electron chi connectivity index (χ4n) is 3.67. The number of nitrogens with zero attached hydrogens (tertiary/aromatic N) is 1. The third-order valence-electron chi connectivity index (χ3n) is 5.09. The van der Waals surface area contributed by atoms with Gasteiger partial charge in [0.25, 0.3) is 0 Å². The van der Waals surface area contributed by atoms with Gasteiger partial charge in [-0.1, -0.05) is 37.6 Å². The molecule has 22 heavy (non-hydrogen) atoms. The number of aliphatic hydroxyl groups excluding tert-OH is 1. The molecule has 1 heterocycles. The van der Waals surface area contributed by atoms with E-state index in [-0.39, 0.29) is 6.10 Å². The summed E-state index contributed by atoms with van der Waals surface area (Å²) in [6, 6.07) is 9.32. The van der Waals surface area contributed by atoms with Crippen LogP contribution in [0.2, 0.25) is 0 Å². The molecule has 0 bridgehead atoms. The zero-order valence-electron chi connectivity index (χ0n) is 13.8. The Kier molecular flexibility index (Phi) is 5.51. The van der Waals surface area contributed by atoms with Crippen molar-refractivity contribution in [2.24, 2.45) is 5.92 Å². The Morgan fingerprint density at radius 2 is 2.05 bits per heavy atom. The number of benzene rings is 1. The van der Waals surface area contributed by atoms with Crippen LogP contribution in [0.25, 0.3) is 0 Å². The number of aliphatic hydroxyl groups is 1. The van der Waals surface area contributed by atoms with Gasteiger partial charge in [0.05, 0.1) is 6.10 Å². The lowest BCUT2D eigenvalue weighted by Gasteiger charge is -2.31. The lowest BCUT2D eigenvalue weighted by Crippen LogP contribution is -2.43. The molecule has 2 unspecified atom stereocenters. The minimum Gasteiger partial charge on any atom is -0.390 e. The molecule has 3 rings (SSSR count). The summed E-state index contributed by atoms with van der Waals surface area (Å²) < 4.78 is 0. The average Bonchev–Trinajstić information content (AvgIpc) is 3.36. The molecule has 0 saturated heterocycles. The first-order valence-electron chi connectivity index (χ1n) is 8.97. The summed E-state index contributed by atoms with van der Waals surface area (Å²) >= 11 is 0. The molecule has 1 fully saturated rings. The molecule has 1 aromatic rings. The summed E-state index contributed by atoms with van der Waals surface area (Å²) in [5.41, 5.74) is 2.90. The summed E-state index contributed by atoms with van der Waals surface area (Å²) in [6.45, 7) is 5.81. The summed E-state index contributed by atoms with van der Waals surface area (Å²) in [4.78, 5) is 2.39. The highest BCUT2D eigenvalue weighted by atomic mass is 16.3. The SMILES string of the molecule is CCCC(NCC(O)CN1CCc2ccccc2C1)C1CC1. The van der Waals surface area contributed by atoms with Crippen LogP contribution < -0.4 is 5.32 Å². The Balaban J connectivity index is 1.43. The van der Waals surface area contributed by atoms with E-state index in [4.69, 9.17) is 0 Å². The first-order chi connectivity index (χ1) is 10.8. The second-order valence-electron chi connectivity index (χ2n) is 7.05. The number of fused-ring (bicyclic) bond motifs is 1. The van der Waals surface area contributed by atoms with E-state index in [0.717, 1.165) is 38.5 Å². The Morgan fingerprint density at radius 1 is 1.27 bits per heavy atom. The van der Waals surface area contributed by atoms with Gasteiger partial charge in [-0.3, -0.25) is 4.90 Å². The molecule has 1 aromatic carbocycles. The summed E-state index contributed by atoms with van der Waals surface area (Å²) in [6.07, 6.45) is 6.06. The lowest BCUT2D eigenvalue weighted by atomic mass is 10.00. The van der Waals surface area contributed by atoms with Crippen molar-refractivity contribution in [2.75, 3.05) is 19.6 Å². The first kappa shape index (κ1) is 16.0. The van der Waals surface area contributed by atoms with Gasteiger partial charge in [-0.15, -0.1) is 0 Å². The van der Waals surface area contributed by atoms with Crippen molar-refractivity contribution in [1.29, 1.82) is 0 Å². The highest BCUT2D eigenvalue weighted by Gasteiger charge is 2.30. The summed E-state index contributed by atoms with van der Waals surface area (Å²) in [7, 11) is 0. The minimum absolute atomic E-state index is 0.261. The van der Waals surface area contributed by atoms with E-state index in [2.05, 4.69) is 41.4 Å². The van der Waals surface area contributed by atoms with Crippen molar-refractivity contribution in [2.45, 2.75) is 57.7 Å². The van der Waals surface area contributed by atoms with Crippen molar-refractivity contribution >= 4 is 0 Å². The molecule has 0 aromatic heterocycles. The normalized spacial score (nSPS) is 21.4. The van der Waals surface area contributed by atoms with E-state index in [1.807, 2.05) is 0 Å². The Labute approximate surface area is 134 Å². The average molecular weight is 302 g/mol. The van der Waals surface area contributed by atoms with Gasteiger partial charge in [0, 0.05) is 32.2 Å². The zero-order valence-corrected chi connectivity index (χ0v) is 13.8. The maximum atomic E-state index is 10.4. The molecular formula is C19H30N2O. The highest BCUT2D eigenvalue weighted by molar-refractivity contribution is 5.29. The van der Waals surface area contributed by atoms with E-state index in [9.17, 15) is 5.11 Å². The smallest absolute Gasteiger partial charge is 0.0791 e. The monoisotopic (exact) mass is 302 g/mol. The predicted octanol–water partition coefficient (Wildman–Crippen LogP) is 2.57. The summed E-state index contributed by atoms with van der Waals surface area (Å²) in [5.74, 6) is 0.869. The van der Waals surface area contributed by atoms with Crippen LogP contribution >= 0.6 is 0 Å². The van der Waals surface area contributed by atoms with Gasteiger partial charge < -0.3 is 10.4 Å². The Bertz CT molecular complexity index is 472. The fourth-order valence-corrected chi connectivity index (χ4v) is 3.67. The van der Waals surface area contributed by atoms with Gasteiger partial charge >= 0.3 is 0 Å². The maximum absolute atomic E-state index is 10.4. The molecule has 0 radical (unpaired) electrons. The second-order valence-corrected chi connectivity index (χ2v) is 7.05. The molecule has 1 saturated carbocycles. The minimum atomic E-state index is -0.261. The maximum Gasteiger partial charge on any atom is 0.0791 e. The number of β-amino-alcohol motifs (C(OH)–C–C–N with tert-alkyl or cyclic N) is 1. The van der Waals surface area contributed by atoms with Crippen molar-refractivity contribution < 1.29 is 5.11 Å². The Hall–Kier alpha value is -0.900. The van der Waals surface area contributed by atoms with Crippen molar-refractivity contribution in [3.8, 4) is 0 Å². The van der Waals surface area contributed by atoms with Crippen LogP contribution in [0.5, 0.6) is 0 Å². The van der Waals surface area contributed by atoms with Crippen LogP contribution in [0.3, 0.4) is 0 Å². The molecule has 0 spiro atoms. The molecule has 122 valence electrons. The van der Waals surface area contributed by atoms with E-state index in [0.29, 0.717) is 6.04 Å². The molecular weight excluding hydrogens is 272 g/mol. The Morgan fingerprint density at radius 3 is 2.77 bits per heavy atom. The van der Waals surface area contributed by atoms with Crippen LogP contribution in [-0.4, -0.2) is 41.8 Å². The van der Waals surface area contributed by atoms with Crippen molar-refractivity contribution in [3.63, 3.8) is 0 Å². The van der Waals surface area contributed by atoms with E-state index >= 15 is 0 Å². The van der Waals surface area contributed by atoms with Crippen LogP contribution in [0.15, 0.2) is 24.3 Å². The first-order valence-corrected chi connectivity index (χ1v) is 8.97. The van der Waals surface area contributed by atoms with Gasteiger partial charge in [0.1, 0.15) is 0 Å². The van der Waals surface area contributed by atoms with Crippen LogP contribution in [-0.2, 0) is 13.0 Å². The fraction of sp³-hybridized carbons (Fsp3) is 0.684. The number of hydrogen-bond acceptors (Lipinski definition) is 3. The van der Waals surface area contributed by atoms with Crippen LogP contribution in [0.4, 0.5) is 0 Å². The highest BCUT2D eigenvalue weighted by Crippen LogP contribution is 2.34. The second kappa shape index (κ2) is 7.58. The lowest BCUT2D eigenvalue weighted by molar-refractivity contribution is 0.101. The molecule has 1 aliphatic heterocycles. The van der Waals surface area contributed by atoms with Gasteiger partial charge in [-0.2, -0.15) is 0 Å². The van der Waals surface area contributed by atoms with Gasteiger partial charge in [0.2, 0.25) is 0 Å². The zero-order chi connectivity index (χ0) is 15.4. The van der Waals surface area contributed by atoms with Crippen molar-refractivity contribution in [1.82, 2.24) is 10.2 Å². The number of nitrogens with one attached hydrogen (secondary N) is 1. The third kappa shape index (κ3) is 4.31. The van der Waals surface area contributed by atoms with Crippen LogP contribution in [0, 0.1) is 5.92 Å². The van der Waals surface area contributed by atoms with Gasteiger partial charge in [0.15, 0.2) is 0 Å². The predicted molar refractivity (Wildman–Crippen MR) is 90.9 cm³/mol. The van der Waals surface area contributed by atoms with Gasteiger partial charge in [-0.25, -0.2) is 0 Å². The number of rotatable bonds is 8. The third-order valence-corrected chi connectivity index (χ3v) is 5.09. The molecule has 0 amide bonds. The van der Waals surface area contributed by atoms with E-state index in [1.165, 1.54) is 36.8 Å². The molecule has 2 atom stereocenters. The largest absolute Gasteiger partial charge is 0.390 e. The van der Waals surface area contributed by atoms with Crippen LogP contribution in [0.1, 0.15) is 43.7 Å². The molecule has 1 aliphatic carbocycles. The molecule has 3 nitrogen and oxygen atoms in total. The molecule has 3 heteroatoms. The van der Waals surface area contributed by atoms with E-state index in [1.54, 1.807) is 0 Å². The van der Waals surface area contributed by atoms with Crippen molar-refractivity contribution in [3.05, 3.63) is 35.4 Å².